The van der Waals surface area contributed by atoms with E-state index in [1.807, 2.05) is 0 Å². The van der Waals surface area contributed by atoms with E-state index < -0.39 is 0 Å². The lowest BCUT2D eigenvalue weighted by Gasteiger charge is -2.42. The molecule has 4 fully saturated rings. The molecule has 0 saturated carbocycles. The van der Waals surface area contributed by atoms with Crippen LogP contribution in [0, 0.1) is 32.5 Å². The highest BCUT2D eigenvalue weighted by atomic mass is 15.2. The van der Waals surface area contributed by atoms with Crippen LogP contribution in [-0.4, -0.2) is 135 Å². The summed E-state index contributed by atoms with van der Waals surface area (Å²) >= 11 is 0. The third-order valence-electron chi connectivity index (χ3n) is 11.9. The van der Waals surface area contributed by atoms with Gasteiger partial charge in [-0.3, -0.25) is 24.5 Å². The lowest BCUT2D eigenvalue weighted by Crippen LogP contribution is -2.49. The maximum absolute atomic E-state index is 2.58. The van der Waals surface area contributed by atoms with E-state index in [4.69, 9.17) is 0 Å². The molecule has 6 heterocycles. The van der Waals surface area contributed by atoms with Crippen molar-refractivity contribution >= 4 is 0 Å². The Morgan fingerprint density at radius 1 is 0.188 bits per heavy atom. The van der Waals surface area contributed by atoms with Crippen molar-refractivity contribution in [1.29, 1.82) is 0 Å². The summed E-state index contributed by atoms with van der Waals surface area (Å²) in [4.78, 5) is 15.0. The summed E-state index contributed by atoms with van der Waals surface area (Å²) in [5, 5.41) is 0. The van der Waals surface area contributed by atoms with E-state index in [0.29, 0.717) is 65.7 Å². The number of hydrogen-bond donors (Lipinski definition) is 0. The topological polar surface area (TPSA) is 19.4 Å². The van der Waals surface area contributed by atoms with Crippen molar-refractivity contribution in [2.45, 2.75) is 388 Å². The second kappa shape index (κ2) is 43.0. The molecule has 6 aliphatic rings. The molecule has 6 heteroatoms. The fraction of sp³-hybridized carbons (Fsp3) is 0.949. The molecular formula is C79H172N6. The molecule has 6 rings (SSSR count). The Labute approximate surface area is 543 Å². The van der Waals surface area contributed by atoms with Gasteiger partial charge in [0.25, 0.3) is 0 Å². The first kappa shape index (κ1) is 95.2. The zero-order valence-electron chi connectivity index (χ0n) is 67.8. The van der Waals surface area contributed by atoms with Crippen molar-refractivity contribution in [3.8, 4) is 0 Å². The van der Waals surface area contributed by atoms with Crippen molar-refractivity contribution in [1.82, 2.24) is 29.4 Å². The zero-order valence-corrected chi connectivity index (χ0v) is 67.8. The molecule has 0 aromatic carbocycles. The van der Waals surface area contributed by atoms with Crippen molar-refractivity contribution in [3.63, 3.8) is 0 Å². The minimum Gasteiger partial charge on any atom is -0.373 e. The Bertz CT molecular complexity index is 1380. The van der Waals surface area contributed by atoms with Gasteiger partial charge in [-0.05, 0) is 267 Å². The van der Waals surface area contributed by atoms with E-state index in [1.165, 1.54) is 123 Å². The third-order valence-corrected chi connectivity index (χ3v) is 11.9. The van der Waals surface area contributed by atoms with E-state index in [1.54, 1.807) is 0 Å². The molecule has 0 spiro atoms. The second-order valence-electron chi connectivity index (χ2n) is 40.9. The van der Waals surface area contributed by atoms with Gasteiger partial charge in [0.1, 0.15) is 0 Å². The summed E-state index contributed by atoms with van der Waals surface area (Å²) < 4.78 is 0. The Kier molecular flexibility index (Phi) is 48.2. The second-order valence-corrected chi connectivity index (χ2v) is 40.9. The van der Waals surface area contributed by atoms with Crippen LogP contribution in [-0.2, 0) is 0 Å². The number of nitrogens with zero attached hydrogens (tertiary/aromatic N) is 6. The third kappa shape index (κ3) is 89.6. The van der Waals surface area contributed by atoms with Crippen molar-refractivity contribution in [2.75, 3.05) is 72.0 Å². The summed E-state index contributed by atoms with van der Waals surface area (Å²) in [6.45, 7) is 107. The molecule has 0 N–H and O–H groups in total. The van der Waals surface area contributed by atoms with Gasteiger partial charge in [-0.15, -0.1) is 0 Å². The average Bonchev–Trinajstić information content (AvgIpc) is 4.02. The fourth-order valence-corrected chi connectivity index (χ4v) is 7.58. The molecule has 0 unspecified atom stereocenters. The Morgan fingerprint density at radius 3 is 0.459 bits per heavy atom. The van der Waals surface area contributed by atoms with Crippen LogP contribution in [0.4, 0.5) is 0 Å². The molecule has 6 nitrogen and oxygen atoms in total. The van der Waals surface area contributed by atoms with Gasteiger partial charge in [-0.25, -0.2) is 0 Å². The summed E-state index contributed by atoms with van der Waals surface area (Å²) in [5.41, 5.74) is 5.33. The lowest BCUT2D eigenvalue weighted by atomic mass is 10.0. The predicted molar refractivity (Wildman–Crippen MR) is 398 cm³/mol. The van der Waals surface area contributed by atoms with E-state index in [0.717, 1.165) is 13.1 Å². The minimum atomic E-state index is 0.326. The molecule has 6 aliphatic heterocycles. The highest BCUT2D eigenvalue weighted by Gasteiger charge is 2.27. The van der Waals surface area contributed by atoms with Gasteiger partial charge in [-0.2, -0.15) is 0 Å². The van der Waals surface area contributed by atoms with Crippen LogP contribution in [0.3, 0.4) is 0 Å². The van der Waals surface area contributed by atoms with Gasteiger partial charge < -0.3 is 4.90 Å². The van der Waals surface area contributed by atoms with Crippen molar-refractivity contribution in [3.05, 3.63) is 24.4 Å². The summed E-state index contributed by atoms with van der Waals surface area (Å²) in [7, 11) is 0. The molecule has 0 aliphatic carbocycles. The number of piperidine rings is 2. The summed E-state index contributed by atoms with van der Waals surface area (Å²) in [6.07, 6.45) is 22.8. The molecule has 4 saturated heterocycles. The molecule has 518 valence electrons. The lowest BCUT2D eigenvalue weighted by molar-refractivity contribution is 0.0690. The largest absolute Gasteiger partial charge is 0.373 e. The molecule has 85 heavy (non-hydrogen) atoms. The summed E-state index contributed by atoms with van der Waals surface area (Å²) in [6, 6.07) is 0. The van der Waals surface area contributed by atoms with E-state index in [-0.39, 0.29) is 0 Å². The first-order valence-corrected chi connectivity index (χ1v) is 35.0. The average molecular weight is 1210 g/mol. The molecule has 0 atom stereocenters. The number of rotatable bonds is 0. The number of hydrogen-bond acceptors (Lipinski definition) is 6. The zero-order chi connectivity index (χ0) is 69.1. The first-order valence-electron chi connectivity index (χ1n) is 35.0. The Morgan fingerprint density at radius 2 is 0.365 bits per heavy atom. The molecule has 0 radical (unpaired) electrons. The van der Waals surface area contributed by atoms with Gasteiger partial charge in [-0.1, -0.05) is 197 Å². The van der Waals surface area contributed by atoms with E-state index in [2.05, 4.69) is 345 Å². The van der Waals surface area contributed by atoms with E-state index in [9.17, 15) is 0 Å². The van der Waals surface area contributed by atoms with Crippen LogP contribution in [0.2, 0.25) is 0 Å². The minimum absolute atomic E-state index is 0.326. The van der Waals surface area contributed by atoms with Crippen LogP contribution >= 0.6 is 0 Å². The maximum Gasteiger partial charge on any atom is 0.0312 e. The smallest absolute Gasteiger partial charge is 0.0312 e. The SMILES string of the molecule is CC(C)(C)C.CC(C)(C)C.CC(C)(C)C.CC(C)(C)C.CC(C)(C)C.CC(C)(C)C.CC(C)(C)N1C=CCC1.CC(C)(C)N1CC=CC1.CC(C)(C)N1CCC1.CC(C)(C)N1CCCC1.CC(C)(C)N1CCCCC1.CC(C)(C)N1CCCCC1. The summed E-state index contributed by atoms with van der Waals surface area (Å²) in [5.74, 6) is 0. The van der Waals surface area contributed by atoms with E-state index >= 15 is 0 Å². The monoisotopic (exact) mass is 1210 g/mol. The van der Waals surface area contributed by atoms with Crippen molar-refractivity contribution < 1.29 is 0 Å². The van der Waals surface area contributed by atoms with Crippen LogP contribution in [0.1, 0.15) is 355 Å². The molecule has 0 aromatic rings. The molecule has 0 bridgehead atoms. The van der Waals surface area contributed by atoms with Crippen LogP contribution < -0.4 is 0 Å². The quantitative estimate of drug-likeness (QED) is 0.224. The van der Waals surface area contributed by atoms with Gasteiger partial charge in [0.15, 0.2) is 0 Å². The normalized spacial score (nSPS) is 18.5. The Hall–Kier alpha value is -0.920. The predicted octanol–water partition coefficient (Wildman–Crippen LogP) is 23.9. The van der Waals surface area contributed by atoms with Gasteiger partial charge in [0, 0.05) is 52.9 Å². The highest BCUT2D eigenvalue weighted by Crippen LogP contribution is 2.23. The van der Waals surface area contributed by atoms with Gasteiger partial charge in [0.2, 0.25) is 0 Å². The standard InChI is InChI=1S/2C9H19N.C8H17N.2C8H15N.C7H15N.6C5H12/c2*1-9(2,3)10-7-5-4-6-8-10;3*1-8(2,3)9-6-4-5-7-9;1-7(2,3)8-5-4-6-8;6*1-5(2,3)4/h2*4-8H2,1-3H3;4-7H2,1-3H3;4,6H,5,7H2,1-3H3;4-5H,6-7H2,1-3H3;4-6H2,1-3H3;6*1-4H3. The molecule has 0 amide bonds. The van der Waals surface area contributed by atoms with Crippen LogP contribution in [0.5, 0.6) is 0 Å². The van der Waals surface area contributed by atoms with Gasteiger partial charge >= 0.3 is 0 Å². The Balaban J connectivity index is -0.000000203. The number of likely N-dealkylation sites (tertiary alicyclic amines) is 4. The fourth-order valence-electron chi connectivity index (χ4n) is 7.58. The van der Waals surface area contributed by atoms with Crippen LogP contribution in [0.15, 0.2) is 24.4 Å². The molecular weight excluding hydrogens is 1030 g/mol. The van der Waals surface area contributed by atoms with Gasteiger partial charge in [0.05, 0.1) is 0 Å². The molecule has 0 aromatic heterocycles. The maximum atomic E-state index is 2.58. The van der Waals surface area contributed by atoms with Crippen molar-refractivity contribution in [2.24, 2.45) is 32.5 Å². The highest BCUT2D eigenvalue weighted by molar-refractivity contribution is 4.99. The first-order chi connectivity index (χ1) is 37.1. The van der Waals surface area contributed by atoms with Crippen LogP contribution in [0.25, 0.3) is 0 Å².